The third kappa shape index (κ3) is 5.19. The number of aryl methyl sites for hydroxylation is 1. The number of benzene rings is 1. The smallest absolute Gasteiger partial charge is 0.344 e. The van der Waals surface area contributed by atoms with Gasteiger partial charge in [-0.05, 0) is 31.4 Å². The topological polar surface area (TPSA) is 44.8 Å². The van der Waals surface area contributed by atoms with Crippen LogP contribution >= 0.6 is 0 Å². The summed E-state index contributed by atoms with van der Waals surface area (Å²) in [5.74, 6) is 0.394. The summed E-state index contributed by atoms with van der Waals surface area (Å²) in [6.45, 7) is 2.82. The van der Waals surface area contributed by atoms with Crippen LogP contribution in [0.15, 0.2) is 24.3 Å². The van der Waals surface area contributed by atoms with Gasteiger partial charge in [-0.15, -0.1) is 0 Å². The summed E-state index contributed by atoms with van der Waals surface area (Å²) in [6.07, 6.45) is 1.79. The minimum atomic E-state index is -0.343. The van der Waals surface area contributed by atoms with Gasteiger partial charge in [0, 0.05) is 13.7 Å². The monoisotopic (exact) mass is 252 g/mol. The zero-order chi connectivity index (χ0) is 13.2. The normalized spacial score (nSPS) is 10.1. The SMILES string of the molecule is CCOC(=O)COc1ccccc1CCCOC. The van der Waals surface area contributed by atoms with E-state index in [4.69, 9.17) is 14.2 Å². The number of hydrogen-bond acceptors (Lipinski definition) is 4. The molecule has 1 rings (SSSR count). The third-order valence-corrected chi connectivity index (χ3v) is 2.42. The van der Waals surface area contributed by atoms with Crippen molar-refractivity contribution in [2.45, 2.75) is 19.8 Å². The van der Waals surface area contributed by atoms with E-state index < -0.39 is 0 Å². The van der Waals surface area contributed by atoms with Crippen molar-refractivity contribution in [1.29, 1.82) is 0 Å². The molecule has 0 unspecified atom stereocenters. The van der Waals surface area contributed by atoms with Gasteiger partial charge in [0.1, 0.15) is 5.75 Å². The van der Waals surface area contributed by atoms with E-state index >= 15 is 0 Å². The number of methoxy groups -OCH3 is 1. The molecule has 0 atom stereocenters. The van der Waals surface area contributed by atoms with Gasteiger partial charge in [-0.3, -0.25) is 0 Å². The fourth-order valence-electron chi connectivity index (χ4n) is 1.60. The number of esters is 1. The van der Waals surface area contributed by atoms with Crippen LogP contribution in [0.3, 0.4) is 0 Å². The molecule has 0 aromatic heterocycles. The molecule has 0 bridgehead atoms. The summed E-state index contributed by atoms with van der Waals surface area (Å²) in [6, 6.07) is 7.71. The van der Waals surface area contributed by atoms with E-state index in [-0.39, 0.29) is 12.6 Å². The Hall–Kier alpha value is -1.55. The predicted octanol–water partition coefficient (Wildman–Crippen LogP) is 2.21. The Morgan fingerprint density at radius 3 is 2.78 bits per heavy atom. The van der Waals surface area contributed by atoms with E-state index in [9.17, 15) is 4.79 Å². The number of hydrogen-bond donors (Lipinski definition) is 0. The number of ether oxygens (including phenoxy) is 3. The van der Waals surface area contributed by atoms with E-state index in [1.165, 1.54) is 0 Å². The molecule has 0 aliphatic rings. The third-order valence-electron chi connectivity index (χ3n) is 2.42. The average Bonchev–Trinajstić information content (AvgIpc) is 2.38. The van der Waals surface area contributed by atoms with Gasteiger partial charge in [-0.2, -0.15) is 0 Å². The van der Waals surface area contributed by atoms with E-state index in [0.717, 1.165) is 24.2 Å². The van der Waals surface area contributed by atoms with Crippen LogP contribution in [0.25, 0.3) is 0 Å². The quantitative estimate of drug-likeness (QED) is 0.525. The van der Waals surface area contributed by atoms with Crippen LogP contribution in [-0.2, 0) is 20.7 Å². The van der Waals surface area contributed by atoms with Gasteiger partial charge in [0.2, 0.25) is 0 Å². The zero-order valence-corrected chi connectivity index (χ0v) is 11.0. The summed E-state index contributed by atoms with van der Waals surface area (Å²) in [7, 11) is 1.68. The second-order valence-electron chi connectivity index (χ2n) is 3.80. The number of rotatable bonds is 8. The van der Waals surface area contributed by atoms with Crippen LogP contribution < -0.4 is 4.74 Å². The lowest BCUT2D eigenvalue weighted by Crippen LogP contribution is -2.15. The van der Waals surface area contributed by atoms with Gasteiger partial charge in [-0.1, -0.05) is 18.2 Å². The summed E-state index contributed by atoms with van der Waals surface area (Å²) in [4.78, 5) is 11.2. The largest absolute Gasteiger partial charge is 0.482 e. The van der Waals surface area contributed by atoms with Gasteiger partial charge in [-0.25, -0.2) is 4.79 Å². The lowest BCUT2D eigenvalue weighted by atomic mass is 10.1. The first-order valence-electron chi connectivity index (χ1n) is 6.13. The van der Waals surface area contributed by atoms with Crippen LogP contribution in [0, 0.1) is 0 Å². The molecule has 0 fully saturated rings. The molecule has 1 aromatic rings. The Morgan fingerprint density at radius 2 is 2.06 bits per heavy atom. The lowest BCUT2D eigenvalue weighted by molar-refractivity contribution is -0.145. The molecule has 0 radical (unpaired) electrons. The first kappa shape index (κ1) is 14.5. The van der Waals surface area contributed by atoms with Crippen molar-refractivity contribution in [2.75, 3.05) is 26.9 Å². The van der Waals surface area contributed by atoms with Gasteiger partial charge < -0.3 is 14.2 Å². The number of carbonyl (C=O) groups excluding carboxylic acids is 1. The molecule has 0 aliphatic carbocycles. The lowest BCUT2D eigenvalue weighted by Gasteiger charge is -2.10. The highest BCUT2D eigenvalue weighted by molar-refractivity contribution is 5.71. The molecule has 18 heavy (non-hydrogen) atoms. The first-order valence-corrected chi connectivity index (χ1v) is 6.13. The Bertz CT molecular complexity index is 363. The van der Waals surface area contributed by atoms with Crippen molar-refractivity contribution >= 4 is 5.97 Å². The van der Waals surface area contributed by atoms with Gasteiger partial charge in [0.15, 0.2) is 6.61 Å². The van der Waals surface area contributed by atoms with Crippen molar-refractivity contribution in [2.24, 2.45) is 0 Å². The van der Waals surface area contributed by atoms with Crippen LogP contribution in [0.2, 0.25) is 0 Å². The van der Waals surface area contributed by atoms with Crippen LogP contribution in [-0.4, -0.2) is 32.9 Å². The molecule has 0 N–H and O–H groups in total. The fraction of sp³-hybridized carbons (Fsp3) is 0.500. The molecule has 0 saturated heterocycles. The molecule has 100 valence electrons. The molecule has 0 saturated carbocycles. The predicted molar refractivity (Wildman–Crippen MR) is 68.8 cm³/mol. The average molecular weight is 252 g/mol. The second-order valence-corrected chi connectivity index (χ2v) is 3.80. The molecular formula is C14H20O4. The van der Waals surface area contributed by atoms with Crippen molar-refractivity contribution in [3.05, 3.63) is 29.8 Å². The molecule has 1 aromatic carbocycles. The fourth-order valence-corrected chi connectivity index (χ4v) is 1.60. The Kier molecular flexibility index (Phi) is 6.87. The van der Waals surface area contributed by atoms with Crippen molar-refractivity contribution in [3.63, 3.8) is 0 Å². The molecule has 0 heterocycles. The minimum Gasteiger partial charge on any atom is -0.482 e. The van der Waals surface area contributed by atoms with Gasteiger partial charge in [0.05, 0.1) is 6.61 Å². The second kappa shape index (κ2) is 8.53. The summed E-state index contributed by atoms with van der Waals surface area (Å²) >= 11 is 0. The first-order chi connectivity index (χ1) is 8.77. The number of carbonyl (C=O) groups is 1. The Morgan fingerprint density at radius 1 is 1.28 bits per heavy atom. The van der Waals surface area contributed by atoms with E-state index in [1.54, 1.807) is 14.0 Å². The summed E-state index contributed by atoms with van der Waals surface area (Å²) in [5.41, 5.74) is 1.08. The van der Waals surface area contributed by atoms with E-state index in [2.05, 4.69) is 0 Å². The minimum absolute atomic E-state index is 0.0465. The van der Waals surface area contributed by atoms with E-state index in [1.807, 2.05) is 24.3 Å². The zero-order valence-electron chi connectivity index (χ0n) is 11.0. The van der Waals surface area contributed by atoms with Gasteiger partial charge >= 0.3 is 5.97 Å². The summed E-state index contributed by atoms with van der Waals surface area (Å²) in [5, 5.41) is 0. The standard InChI is InChI=1S/C14H20O4/c1-3-17-14(15)11-18-13-9-5-4-7-12(13)8-6-10-16-2/h4-5,7,9H,3,6,8,10-11H2,1-2H3. The van der Waals surface area contributed by atoms with E-state index in [0.29, 0.717) is 13.2 Å². The van der Waals surface area contributed by atoms with Crippen molar-refractivity contribution in [3.8, 4) is 5.75 Å². The van der Waals surface area contributed by atoms with Crippen molar-refractivity contribution < 1.29 is 19.0 Å². The maximum Gasteiger partial charge on any atom is 0.344 e. The number of para-hydroxylation sites is 1. The molecule has 4 nitrogen and oxygen atoms in total. The molecule has 4 heteroatoms. The highest BCUT2D eigenvalue weighted by Gasteiger charge is 2.06. The molecule has 0 amide bonds. The Labute approximate surface area is 108 Å². The Balaban J connectivity index is 2.50. The van der Waals surface area contributed by atoms with Crippen LogP contribution in [0.4, 0.5) is 0 Å². The highest BCUT2D eigenvalue weighted by Crippen LogP contribution is 2.19. The van der Waals surface area contributed by atoms with Crippen LogP contribution in [0.5, 0.6) is 5.75 Å². The highest BCUT2D eigenvalue weighted by atomic mass is 16.6. The molecule has 0 spiro atoms. The van der Waals surface area contributed by atoms with Crippen molar-refractivity contribution in [1.82, 2.24) is 0 Å². The molecule has 0 aliphatic heterocycles. The summed E-state index contributed by atoms with van der Waals surface area (Å²) < 4.78 is 15.3. The molecular weight excluding hydrogens is 232 g/mol. The van der Waals surface area contributed by atoms with Crippen LogP contribution in [0.1, 0.15) is 18.9 Å². The maximum absolute atomic E-state index is 11.2. The van der Waals surface area contributed by atoms with Gasteiger partial charge in [0.25, 0.3) is 0 Å². The maximum atomic E-state index is 11.2.